The lowest BCUT2D eigenvalue weighted by atomic mass is 10.4. The monoisotopic (exact) mass is 155 g/mol. The molecule has 0 fully saturated rings. The Bertz CT molecular complexity index is 209. The van der Waals surface area contributed by atoms with Crippen molar-refractivity contribution >= 4 is 5.95 Å². The summed E-state index contributed by atoms with van der Waals surface area (Å²) < 4.78 is 6.81. The molecule has 62 valence electrons. The van der Waals surface area contributed by atoms with Gasteiger partial charge in [-0.1, -0.05) is 0 Å². The van der Waals surface area contributed by atoms with Gasteiger partial charge < -0.3 is 15.0 Å². The minimum absolute atomic E-state index is 0.570. The highest BCUT2D eigenvalue weighted by molar-refractivity contribution is 5.16. The number of anilines is 1. The minimum Gasteiger partial charge on any atom is -0.385 e. The van der Waals surface area contributed by atoms with Crippen LogP contribution in [0.3, 0.4) is 0 Å². The normalized spacial score (nSPS) is 10.3. The average molecular weight is 155 g/mol. The van der Waals surface area contributed by atoms with Crippen molar-refractivity contribution in [2.45, 2.75) is 13.0 Å². The van der Waals surface area contributed by atoms with E-state index in [-0.39, 0.29) is 0 Å². The molecule has 0 aliphatic carbocycles. The number of hydrogen-bond donors (Lipinski definition) is 1. The van der Waals surface area contributed by atoms with E-state index in [4.69, 9.17) is 10.5 Å². The first-order valence-electron chi connectivity index (χ1n) is 3.60. The van der Waals surface area contributed by atoms with Gasteiger partial charge in [0, 0.05) is 32.7 Å². The van der Waals surface area contributed by atoms with Crippen LogP contribution in [-0.4, -0.2) is 23.3 Å². The van der Waals surface area contributed by atoms with Crippen LogP contribution in [0.15, 0.2) is 12.4 Å². The van der Waals surface area contributed by atoms with Gasteiger partial charge in [0.15, 0.2) is 5.95 Å². The third kappa shape index (κ3) is 2.23. The van der Waals surface area contributed by atoms with Crippen molar-refractivity contribution in [1.29, 1.82) is 0 Å². The Kier molecular flexibility index (Phi) is 2.92. The quantitative estimate of drug-likeness (QED) is 0.644. The lowest BCUT2D eigenvalue weighted by Crippen LogP contribution is -2.04. The summed E-state index contributed by atoms with van der Waals surface area (Å²) in [5, 5.41) is 0. The molecule has 1 aromatic rings. The van der Waals surface area contributed by atoms with Gasteiger partial charge in [-0.2, -0.15) is 0 Å². The molecule has 2 N–H and O–H groups in total. The number of ether oxygens (including phenoxy) is 1. The van der Waals surface area contributed by atoms with Crippen LogP contribution in [0.1, 0.15) is 6.42 Å². The van der Waals surface area contributed by atoms with Crippen LogP contribution in [0.25, 0.3) is 0 Å². The number of aryl methyl sites for hydroxylation is 1. The van der Waals surface area contributed by atoms with Crippen molar-refractivity contribution in [1.82, 2.24) is 9.55 Å². The molecule has 4 heteroatoms. The van der Waals surface area contributed by atoms with Gasteiger partial charge >= 0.3 is 0 Å². The Balaban J connectivity index is 2.32. The molecular weight excluding hydrogens is 142 g/mol. The van der Waals surface area contributed by atoms with Gasteiger partial charge in [-0.05, 0) is 6.42 Å². The molecule has 1 rings (SSSR count). The Morgan fingerprint density at radius 3 is 3.09 bits per heavy atom. The second-order valence-electron chi connectivity index (χ2n) is 2.33. The number of nitrogen functional groups attached to an aromatic ring is 1. The number of imidazole rings is 1. The van der Waals surface area contributed by atoms with Crippen LogP contribution in [0.4, 0.5) is 5.95 Å². The van der Waals surface area contributed by atoms with Crippen molar-refractivity contribution in [3.8, 4) is 0 Å². The van der Waals surface area contributed by atoms with Crippen LogP contribution in [0.5, 0.6) is 0 Å². The largest absolute Gasteiger partial charge is 0.385 e. The third-order valence-corrected chi connectivity index (χ3v) is 1.50. The van der Waals surface area contributed by atoms with Crippen LogP contribution < -0.4 is 5.73 Å². The van der Waals surface area contributed by atoms with E-state index < -0.39 is 0 Å². The van der Waals surface area contributed by atoms with Crippen molar-refractivity contribution in [2.75, 3.05) is 19.5 Å². The smallest absolute Gasteiger partial charge is 0.200 e. The Morgan fingerprint density at radius 1 is 1.73 bits per heavy atom. The van der Waals surface area contributed by atoms with Gasteiger partial charge in [-0.3, -0.25) is 0 Å². The lowest BCUT2D eigenvalue weighted by Gasteiger charge is -2.02. The van der Waals surface area contributed by atoms with E-state index in [0.717, 1.165) is 19.6 Å². The summed E-state index contributed by atoms with van der Waals surface area (Å²) in [6.07, 6.45) is 4.53. The van der Waals surface area contributed by atoms with Crippen molar-refractivity contribution in [2.24, 2.45) is 0 Å². The summed E-state index contributed by atoms with van der Waals surface area (Å²) in [7, 11) is 1.69. The summed E-state index contributed by atoms with van der Waals surface area (Å²) in [5.41, 5.74) is 5.53. The van der Waals surface area contributed by atoms with Gasteiger partial charge in [0.2, 0.25) is 0 Å². The minimum atomic E-state index is 0.570. The fraction of sp³-hybridized carbons (Fsp3) is 0.571. The molecular formula is C7H13N3O. The lowest BCUT2D eigenvalue weighted by molar-refractivity contribution is 0.190. The molecule has 4 nitrogen and oxygen atoms in total. The van der Waals surface area contributed by atoms with E-state index in [1.54, 1.807) is 13.3 Å². The zero-order chi connectivity index (χ0) is 8.10. The maximum Gasteiger partial charge on any atom is 0.200 e. The van der Waals surface area contributed by atoms with E-state index in [9.17, 15) is 0 Å². The molecule has 0 aromatic carbocycles. The van der Waals surface area contributed by atoms with Gasteiger partial charge in [-0.25, -0.2) is 4.98 Å². The van der Waals surface area contributed by atoms with Crippen LogP contribution in [0.2, 0.25) is 0 Å². The average Bonchev–Trinajstić information content (AvgIpc) is 2.37. The first-order valence-corrected chi connectivity index (χ1v) is 3.60. The second kappa shape index (κ2) is 3.98. The summed E-state index contributed by atoms with van der Waals surface area (Å²) >= 11 is 0. The molecule has 0 aliphatic rings. The highest BCUT2D eigenvalue weighted by atomic mass is 16.5. The summed E-state index contributed by atoms with van der Waals surface area (Å²) in [4.78, 5) is 3.90. The molecule has 11 heavy (non-hydrogen) atoms. The zero-order valence-corrected chi connectivity index (χ0v) is 6.66. The fourth-order valence-electron chi connectivity index (χ4n) is 0.909. The molecule has 0 amide bonds. The standard InChI is InChI=1S/C7H13N3O/c1-11-6-2-4-10-5-3-9-7(10)8/h3,5H,2,4,6H2,1H3,(H2,8,9). The number of aromatic nitrogens is 2. The van der Waals surface area contributed by atoms with E-state index in [1.165, 1.54) is 0 Å². The molecule has 1 aromatic heterocycles. The first-order chi connectivity index (χ1) is 5.34. The van der Waals surface area contributed by atoms with Crippen molar-refractivity contribution in [3.63, 3.8) is 0 Å². The third-order valence-electron chi connectivity index (χ3n) is 1.50. The number of methoxy groups -OCH3 is 1. The van der Waals surface area contributed by atoms with Gasteiger partial charge in [-0.15, -0.1) is 0 Å². The molecule has 0 saturated heterocycles. The van der Waals surface area contributed by atoms with E-state index in [2.05, 4.69) is 4.98 Å². The van der Waals surface area contributed by atoms with E-state index in [0.29, 0.717) is 5.95 Å². The number of nitrogens with two attached hydrogens (primary N) is 1. The molecule has 0 saturated carbocycles. The maximum absolute atomic E-state index is 5.53. The fourth-order valence-corrected chi connectivity index (χ4v) is 0.909. The van der Waals surface area contributed by atoms with E-state index >= 15 is 0 Å². The molecule has 1 heterocycles. The molecule has 0 spiro atoms. The van der Waals surface area contributed by atoms with E-state index in [1.807, 2.05) is 10.8 Å². The Morgan fingerprint density at radius 2 is 2.55 bits per heavy atom. The number of rotatable bonds is 4. The summed E-state index contributed by atoms with van der Waals surface area (Å²) in [5.74, 6) is 0.570. The van der Waals surface area contributed by atoms with Gasteiger partial charge in [0.1, 0.15) is 0 Å². The molecule has 0 radical (unpaired) electrons. The van der Waals surface area contributed by atoms with Crippen molar-refractivity contribution in [3.05, 3.63) is 12.4 Å². The molecule has 0 atom stereocenters. The zero-order valence-electron chi connectivity index (χ0n) is 6.66. The number of hydrogen-bond acceptors (Lipinski definition) is 3. The highest BCUT2D eigenvalue weighted by Gasteiger charge is 1.95. The predicted octanol–water partition coefficient (Wildman–Crippen LogP) is 0.502. The summed E-state index contributed by atoms with van der Waals surface area (Å²) in [6.45, 7) is 1.64. The molecule has 0 bridgehead atoms. The first kappa shape index (κ1) is 8.07. The maximum atomic E-state index is 5.53. The highest BCUT2D eigenvalue weighted by Crippen LogP contribution is 1.99. The SMILES string of the molecule is COCCCn1ccnc1N. The summed E-state index contributed by atoms with van der Waals surface area (Å²) in [6, 6.07) is 0. The Hall–Kier alpha value is -1.03. The topological polar surface area (TPSA) is 53.1 Å². The predicted molar refractivity (Wildman–Crippen MR) is 43.1 cm³/mol. The van der Waals surface area contributed by atoms with Crippen LogP contribution in [0, 0.1) is 0 Å². The van der Waals surface area contributed by atoms with Gasteiger partial charge in [0.25, 0.3) is 0 Å². The second-order valence-corrected chi connectivity index (χ2v) is 2.33. The van der Waals surface area contributed by atoms with Gasteiger partial charge in [0.05, 0.1) is 0 Å². The van der Waals surface area contributed by atoms with Crippen molar-refractivity contribution < 1.29 is 4.74 Å². The van der Waals surface area contributed by atoms with Crippen LogP contribution in [-0.2, 0) is 11.3 Å². The molecule has 0 aliphatic heterocycles. The number of nitrogens with zero attached hydrogens (tertiary/aromatic N) is 2. The molecule has 0 unspecified atom stereocenters. The Labute approximate surface area is 66.0 Å². The van der Waals surface area contributed by atoms with Crippen LogP contribution >= 0.6 is 0 Å².